The van der Waals surface area contributed by atoms with E-state index in [4.69, 9.17) is 0 Å². The molecule has 0 aliphatic carbocycles. The Morgan fingerprint density at radius 2 is 0.500 bits per heavy atom. The van der Waals surface area contributed by atoms with E-state index >= 15 is 0 Å². The second kappa shape index (κ2) is 41.3. The van der Waals surface area contributed by atoms with Gasteiger partial charge in [0.1, 0.15) is 0 Å². The summed E-state index contributed by atoms with van der Waals surface area (Å²) in [7, 11) is 0. The van der Waals surface area contributed by atoms with Gasteiger partial charge in [-0.3, -0.25) is 0 Å². The van der Waals surface area contributed by atoms with E-state index in [2.05, 4.69) is 0 Å². The average molecular weight is 434 g/mol. The molecule has 6 heteroatoms. The summed E-state index contributed by atoms with van der Waals surface area (Å²) in [5, 5.41) is 0. The van der Waals surface area contributed by atoms with Gasteiger partial charge in [0.05, 0.1) is 0 Å². The van der Waals surface area contributed by atoms with Crippen LogP contribution >= 0.6 is 0 Å². The molecule has 0 aromatic carbocycles. The normalized spacial score (nSPS) is 0. The molecule has 0 aromatic heterocycles. The average Bonchev–Trinajstić information content (AvgIpc) is 0. The first-order valence-corrected chi connectivity index (χ1v) is 0. The van der Waals surface area contributed by atoms with Gasteiger partial charge in [-0.25, -0.2) is 0 Å². The zero-order valence-corrected chi connectivity index (χ0v) is 15.4. The van der Waals surface area contributed by atoms with E-state index in [1.807, 2.05) is 0 Å². The third kappa shape index (κ3) is 26.9. The van der Waals surface area contributed by atoms with Crippen molar-refractivity contribution < 1.29 is 39.0 Å². The molecule has 0 aliphatic rings. The minimum Gasteiger partial charge on any atom is -2.00 e. The van der Waals surface area contributed by atoms with Crippen molar-refractivity contribution in [2.45, 2.75) is 0 Å². The second-order valence-electron chi connectivity index (χ2n) is 0. The van der Waals surface area contributed by atoms with Gasteiger partial charge in [-0.2, -0.15) is 0 Å². The van der Waals surface area contributed by atoms with Crippen molar-refractivity contribution in [2.75, 3.05) is 0 Å². The van der Waals surface area contributed by atoms with Crippen molar-refractivity contribution in [1.29, 1.82) is 0 Å². The van der Waals surface area contributed by atoms with E-state index in [1.54, 1.807) is 0 Å². The fourth-order valence-corrected chi connectivity index (χ4v) is 0. The molecule has 0 atom stereocenters. The maximum absolute atomic E-state index is 0. The van der Waals surface area contributed by atoms with Gasteiger partial charge in [-0.05, 0) is 0 Å². The third-order valence-electron chi connectivity index (χ3n) is 0. The summed E-state index contributed by atoms with van der Waals surface area (Å²) in [4.78, 5) is 0. The number of hydrogen-bond donors (Lipinski definition) is 0. The molecule has 0 rings (SSSR count). The Kier molecular flexibility index (Phi) is 414. The van der Waals surface area contributed by atoms with E-state index in [-0.39, 0.29) is 107 Å². The summed E-state index contributed by atoms with van der Waals surface area (Å²) in [5.74, 6) is 0. The summed E-state index contributed by atoms with van der Waals surface area (Å²) in [5.41, 5.74) is 0. The van der Waals surface area contributed by atoms with Crippen molar-refractivity contribution in [2.24, 2.45) is 0 Å². The fourth-order valence-electron chi connectivity index (χ4n) is 0. The van der Waals surface area contributed by atoms with Crippen LogP contribution in [0, 0.1) is 0 Å². The Balaban J connectivity index is 0. The van der Waals surface area contributed by atoms with Crippen LogP contribution in [0.4, 0.5) is 0 Å². The van der Waals surface area contributed by atoms with Crippen molar-refractivity contribution in [1.82, 2.24) is 0 Å². The van der Waals surface area contributed by atoms with Crippen LogP contribution in [0.25, 0.3) is 0 Å². The molecule has 0 fully saturated rings. The molecule has 0 aromatic rings. The van der Waals surface area contributed by atoms with Gasteiger partial charge in [0, 0.05) is 0 Å². The van der Waals surface area contributed by atoms with E-state index in [0.717, 1.165) is 0 Å². The minimum atomic E-state index is 0. The van der Waals surface area contributed by atoms with E-state index in [1.165, 1.54) is 0 Å². The van der Waals surface area contributed by atoms with E-state index in [0.29, 0.717) is 0 Å². The van der Waals surface area contributed by atoms with Gasteiger partial charge >= 0.3 is 66.3 Å². The third-order valence-corrected chi connectivity index (χ3v) is 0. The standard InChI is InChI=1S/Pb.3S.2Zn/q+2;3*-2;2*+2. The molecule has 0 heterocycles. The van der Waals surface area contributed by atoms with Crippen LogP contribution in [-0.2, 0) is 79.4 Å². The Labute approximate surface area is 105 Å². The predicted molar refractivity (Wildman–Crippen MR) is 27.8 cm³/mol. The van der Waals surface area contributed by atoms with E-state index in [9.17, 15) is 0 Å². The maximum Gasteiger partial charge on any atom is 2.00 e. The van der Waals surface area contributed by atoms with Gasteiger partial charge in [-0.1, -0.05) is 0 Å². The Morgan fingerprint density at radius 1 is 0.500 bits per heavy atom. The first kappa shape index (κ1) is 60.1. The van der Waals surface area contributed by atoms with Crippen LogP contribution in [0.15, 0.2) is 0 Å². The molecule has 0 unspecified atom stereocenters. The summed E-state index contributed by atoms with van der Waals surface area (Å²) in [6.45, 7) is 0. The molecule has 26 valence electrons. The molecule has 0 bridgehead atoms. The SMILES string of the molecule is [Pb+2].[S-2].[S-2].[S-2].[Zn+2].[Zn+2]. The Bertz CT molecular complexity index is 8.75. The predicted octanol–water partition coefficient (Wildman–Crippen LogP) is -0.393. The molecule has 0 spiro atoms. The molecule has 0 N–H and O–H groups in total. The molecule has 0 nitrogen and oxygen atoms in total. The first-order chi connectivity index (χ1) is 0. The van der Waals surface area contributed by atoms with Crippen LogP contribution in [0.1, 0.15) is 0 Å². The topological polar surface area (TPSA) is 0 Å². The van der Waals surface area contributed by atoms with Gasteiger partial charge in [-0.15, -0.1) is 0 Å². The van der Waals surface area contributed by atoms with Gasteiger partial charge in [0.25, 0.3) is 0 Å². The van der Waals surface area contributed by atoms with Gasteiger partial charge in [0.15, 0.2) is 0 Å². The van der Waals surface area contributed by atoms with Crippen LogP contribution in [0.2, 0.25) is 0 Å². The van der Waals surface area contributed by atoms with E-state index < -0.39 is 0 Å². The van der Waals surface area contributed by atoms with Crippen LogP contribution in [0.3, 0.4) is 0 Å². The Morgan fingerprint density at radius 3 is 0.500 bits per heavy atom. The van der Waals surface area contributed by atoms with Gasteiger partial charge < -0.3 is 40.5 Å². The molecule has 0 aliphatic heterocycles. The van der Waals surface area contributed by atoms with Crippen molar-refractivity contribution in [3.63, 3.8) is 0 Å². The monoisotopic (exact) mass is 432 g/mol. The summed E-state index contributed by atoms with van der Waals surface area (Å²) in [6.07, 6.45) is 0. The number of rotatable bonds is 0. The van der Waals surface area contributed by atoms with Gasteiger partial charge in [0.2, 0.25) is 0 Å². The molecule has 0 amide bonds. The van der Waals surface area contributed by atoms with Crippen LogP contribution in [-0.4, -0.2) is 27.3 Å². The van der Waals surface area contributed by atoms with Crippen LogP contribution in [0.5, 0.6) is 0 Å². The maximum atomic E-state index is 0. The summed E-state index contributed by atoms with van der Waals surface area (Å²) in [6, 6.07) is 0. The van der Waals surface area contributed by atoms with Crippen molar-refractivity contribution in [3.05, 3.63) is 0 Å². The zero-order valence-electron chi connectivity index (χ0n) is 3.14. The zero-order chi connectivity index (χ0) is 0. The molecule has 0 saturated heterocycles. The minimum absolute atomic E-state index is 0. The number of hydrogen-bond acceptors (Lipinski definition) is 0. The Hall–Kier alpha value is 3.22. The molecule has 2 radical (unpaired) electrons. The summed E-state index contributed by atoms with van der Waals surface area (Å²) >= 11 is 0. The van der Waals surface area contributed by atoms with Crippen molar-refractivity contribution >= 4 is 67.8 Å². The quantitative estimate of drug-likeness (QED) is 0.456. The second-order valence-corrected chi connectivity index (χ2v) is 0. The molecular formula is PbS3Zn2. The summed E-state index contributed by atoms with van der Waals surface area (Å²) < 4.78 is 0. The molecular weight excluding hydrogens is 434 g/mol. The molecule has 6 heavy (non-hydrogen) atoms. The fraction of sp³-hybridized carbons (Fsp3) is 0. The van der Waals surface area contributed by atoms with Crippen LogP contribution < -0.4 is 0 Å². The van der Waals surface area contributed by atoms with Crippen molar-refractivity contribution in [3.8, 4) is 0 Å². The smallest absolute Gasteiger partial charge is 2.00 e. The largest absolute Gasteiger partial charge is 2.00 e. The first-order valence-electron chi connectivity index (χ1n) is 0. The molecule has 0 saturated carbocycles.